The summed E-state index contributed by atoms with van der Waals surface area (Å²) in [5.41, 5.74) is 1.57. The molecule has 0 spiro atoms. The Hall–Kier alpha value is -2.07. The minimum absolute atomic E-state index is 0.620. The van der Waals surface area contributed by atoms with Crippen molar-refractivity contribution in [1.82, 2.24) is 14.6 Å². The van der Waals surface area contributed by atoms with Crippen molar-refractivity contribution < 1.29 is 4.74 Å². The zero-order valence-corrected chi connectivity index (χ0v) is 10.4. The lowest BCUT2D eigenvalue weighted by molar-refractivity contribution is 0.416. The molecule has 18 heavy (non-hydrogen) atoms. The van der Waals surface area contributed by atoms with Crippen molar-refractivity contribution in [2.45, 2.75) is 0 Å². The van der Waals surface area contributed by atoms with Crippen LogP contribution in [-0.2, 0) is 0 Å². The first-order valence-corrected chi connectivity index (χ1v) is 5.81. The molecule has 0 saturated carbocycles. The molecule has 0 fully saturated rings. The number of para-hydroxylation sites is 1. The molecular weight excluding hydrogens is 250 g/mol. The largest absolute Gasteiger partial charge is 0.496 e. The summed E-state index contributed by atoms with van der Waals surface area (Å²) in [6, 6.07) is 11.2. The van der Waals surface area contributed by atoms with Crippen molar-refractivity contribution in [3.05, 3.63) is 47.6 Å². The normalized spacial score (nSPS) is 10.8. The first-order chi connectivity index (χ1) is 8.78. The molecule has 90 valence electrons. The van der Waals surface area contributed by atoms with Crippen LogP contribution in [0.15, 0.2) is 42.6 Å². The van der Waals surface area contributed by atoms with Crippen LogP contribution in [0.1, 0.15) is 0 Å². The van der Waals surface area contributed by atoms with Gasteiger partial charge in [-0.1, -0.05) is 23.7 Å². The highest BCUT2D eigenvalue weighted by molar-refractivity contribution is 6.30. The lowest BCUT2D eigenvalue weighted by atomic mass is 10.2. The summed E-state index contributed by atoms with van der Waals surface area (Å²) in [6.07, 6.45) is 1.78. The minimum atomic E-state index is 0.620. The monoisotopic (exact) mass is 259 g/mol. The number of halogens is 1. The van der Waals surface area contributed by atoms with Crippen molar-refractivity contribution in [2.75, 3.05) is 7.11 Å². The number of methoxy groups -OCH3 is 1. The van der Waals surface area contributed by atoms with Crippen LogP contribution in [-0.4, -0.2) is 21.7 Å². The molecule has 1 aromatic carbocycles. The first-order valence-electron chi connectivity index (χ1n) is 5.43. The van der Waals surface area contributed by atoms with E-state index < -0.39 is 0 Å². The summed E-state index contributed by atoms with van der Waals surface area (Å²) in [4.78, 5) is 4.44. The predicted octanol–water partition coefficient (Wildman–Crippen LogP) is 3.06. The summed E-state index contributed by atoms with van der Waals surface area (Å²) >= 11 is 5.93. The van der Waals surface area contributed by atoms with Crippen molar-refractivity contribution in [3.8, 4) is 17.1 Å². The molecule has 0 N–H and O–H groups in total. The highest BCUT2D eigenvalue weighted by atomic mass is 35.5. The molecule has 0 aliphatic carbocycles. The average molecular weight is 260 g/mol. The molecule has 4 nitrogen and oxygen atoms in total. The molecule has 3 rings (SSSR count). The maximum Gasteiger partial charge on any atom is 0.185 e. The molecule has 2 heterocycles. The molecule has 0 radical (unpaired) electrons. The fourth-order valence-corrected chi connectivity index (χ4v) is 1.95. The van der Waals surface area contributed by atoms with E-state index in [0.717, 1.165) is 11.3 Å². The topological polar surface area (TPSA) is 39.4 Å². The van der Waals surface area contributed by atoms with E-state index in [2.05, 4.69) is 10.1 Å². The first kappa shape index (κ1) is 11.0. The summed E-state index contributed by atoms with van der Waals surface area (Å²) in [6.45, 7) is 0. The van der Waals surface area contributed by atoms with Crippen molar-refractivity contribution in [3.63, 3.8) is 0 Å². The summed E-state index contributed by atoms with van der Waals surface area (Å²) in [5, 5.41) is 5.04. The maximum atomic E-state index is 5.93. The van der Waals surface area contributed by atoms with E-state index >= 15 is 0 Å². The smallest absolute Gasteiger partial charge is 0.185 e. The zero-order chi connectivity index (χ0) is 12.5. The van der Waals surface area contributed by atoms with Gasteiger partial charge in [0.15, 0.2) is 11.5 Å². The SMILES string of the molecule is COc1ccccc1-c1nc2cc(Cl)ccn2n1. The number of nitrogens with zero attached hydrogens (tertiary/aromatic N) is 3. The van der Waals surface area contributed by atoms with E-state index in [1.807, 2.05) is 24.3 Å². The van der Waals surface area contributed by atoms with E-state index in [9.17, 15) is 0 Å². The third kappa shape index (κ3) is 1.80. The standard InChI is InChI=1S/C13H10ClN3O/c1-18-11-5-3-2-4-10(11)13-15-12-8-9(14)6-7-17(12)16-13/h2-8H,1H3. The number of aromatic nitrogens is 3. The molecule has 0 unspecified atom stereocenters. The Morgan fingerprint density at radius 2 is 2.06 bits per heavy atom. The van der Waals surface area contributed by atoms with Gasteiger partial charge in [0, 0.05) is 17.3 Å². The number of pyridine rings is 1. The summed E-state index contributed by atoms with van der Waals surface area (Å²) in [5.74, 6) is 1.37. The third-order valence-corrected chi connectivity index (χ3v) is 2.88. The molecule has 3 aromatic rings. The molecule has 0 aliphatic heterocycles. The van der Waals surface area contributed by atoms with Crippen molar-refractivity contribution in [2.24, 2.45) is 0 Å². The highest BCUT2D eigenvalue weighted by Crippen LogP contribution is 2.27. The van der Waals surface area contributed by atoms with Crippen LogP contribution in [0.25, 0.3) is 17.0 Å². The van der Waals surface area contributed by atoms with Gasteiger partial charge in [-0.15, -0.1) is 5.10 Å². The van der Waals surface area contributed by atoms with Crippen LogP contribution >= 0.6 is 11.6 Å². The molecule has 0 aliphatic rings. The van der Waals surface area contributed by atoms with Crippen molar-refractivity contribution in [1.29, 1.82) is 0 Å². The molecular formula is C13H10ClN3O. The van der Waals surface area contributed by atoms with E-state index in [-0.39, 0.29) is 0 Å². The lowest BCUT2D eigenvalue weighted by Gasteiger charge is -2.03. The zero-order valence-electron chi connectivity index (χ0n) is 9.67. The Morgan fingerprint density at radius 1 is 1.22 bits per heavy atom. The van der Waals surface area contributed by atoms with Gasteiger partial charge in [-0.25, -0.2) is 9.50 Å². The molecule has 2 aromatic heterocycles. The van der Waals surface area contributed by atoms with Gasteiger partial charge in [0.25, 0.3) is 0 Å². The fraction of sp³-hybridized carbons (Fsp3) is 0.0769. The van der Waals surface area contributed by atoms with Gasteiger partial charge >= 0.3 is 0 Å². The van der Waals surface area contributed by atoms with E-state index in [0.29, 0.717) is 16.5 Å². The Morgan fingerprint density at radius 3 is 2.89 bits per heavy atom. The van der Waals surface area contributed by atoms with Gasteiger partial charge in [0.2, 0.25) is 0 Å². The lowest BCUT2D eigenvalue weighted by Crippen LogP contribution is -1.89. The number of fused-ring (bicyclic) bond motifs is 1. The number of hydrogen-bond acceptors (Lipinski definition) is 3. The maximum absolute atomic E-state index is 5.93. The third-order valence-electron chi connectivity index (χ3n) is 2.65. The van der Waals surface area contributed by atoms with Gasteiger partial charge < -0.3 is 4.74 Å². The van der Waals surface area contributed by atoms with Gasteiger partial charge in [-0.3, -0.25) is 0 Å². The summed E-state index contributed by atoms with van der Waals surface area (Å²) in [7, 11) is 1.63. The number of benzene rings is 1. The van der Waals surface area contributed by atoms with Gasteiger partial charge in [0.1, 0.15) is 5.75 Å². The van der Waals surface area contributed by atoms with Gasteiger partial charge in [0.05, 0.1) is 12.7 Å². The van der Waals surface area contributed by atoms with Gasteiger partial charge in [-0.05, 0) is 18.2 Å². The summed E-state index contributed by atoms with van der Waals surface area (Å²) < 4.78 is 6.99. The second-order valence-electron chi connectivity index (χ2n) is 3.78. The minimum Gasteiger partial charge on any atom is -0.496 e. The van der Waals surface area contributed by atoms with Crippen LogP contribution in [0, 0.1) is 0 Å². The molecule has 0 saturated heterocycles. The quantitative estimate of drug-likeness (QED) is 0.710. The van der Waals surface area contributed by atoms with Crippen LogP contribution in [0.5, 0.6) is 5.75 Å². The molecule has 0 amide bonds. The fourth-order valence-electron chi connectivity index (χ4n) is 1.80. The second-order valence-corrected chi connectivity index (χ2v) is 4.22. The number of rotatable bonds is 2. The predicted molar refractivity (Wildman–Crippen MR) is 70.0 cm³/mol. The second kappa shape index (κ2) is 4.31. The van der Waals surface area contributed by atoms with Crippen LogP contribution < -0.4 is 4.74 Å². The van der Waals surface area contributed by atoms with E-state index in [1.165, 1.54) is 0 Å². The van der Waals surface area contributed by atoms with Gasteiger partial charge in [-0.2, -0.15) is 0 Å². The average Bonchev–Trinajstić information content (AvgIpc) is 2.81. The van der Waals surface area contributed by atoms with E-state index in [1.54, 1.807) is 30.0 Å². The number of ether oxygens (including phenoxy) is 1. The van der Waals surface area contributed by atoms with Crippen LogP contribution in [0.4, 0.5) is 0 Å². The Kier molecular flexibility index (Phi) is 2.64. The molecule has 0 atom stereocenters. The Balaban J connectivity index is 2.19. The molecule has 5 heteroatoms. The van der Waals surface area contributed by atoms with Crippen LogP contribution in [0.3, 0.4) is 0 Å². The van der Waals surface area contributed by atoms with Crippen LogP contribution in [0.2, 0.25) is 5.02 Å². The van der Waals surface area contributed by atoms with Crippen molar-refractivity contribution >= 4 is 17.2 Å². The van der Waals surface area contributed by atoms with E-state index in [4.69, 9.17) is 16.3 Å². The number of hydrogen-bond donors (Lipinski definition) is 0. The Bertz CT molecular complexity index is 708. The highest BCUT2D eigenvalue weighted by Gasteiger charge is 2.10. The Labute approximate surface area is 109 Å². The molecule has 0 bridgehead atoms.